The minimum atomic E-state index is -0.554. The standard InChI is InChI=1S/C38H68O4/c1-10-11-12-13-26-15-17-30(42-9)28(18-26)27-16-14-22(2)32-29(27)20-36(6)21-37(7)19-23(3)31(25(5)39)35(41)38(37,8)24(4)33(36)34(32)40/h22-35,39-41H,10-21H2,1-9H3. The van der Waals surface area contributed by atoms with Crippen LogP contribution in [-0.4, -0.2) is 46.8 Å². The minimum absolute atomic E-state index is 0.0193. The van der Waals surface area contributed by atoms with Gasteiger partial charge in [0.25, 0.3) is 0 Å². The molecule has 0 bridgehead atoms. The van der Waals surface area contributed by atoms with E-state index in [1.54, 1.807) is 0 Å². The minimum Gasteiger partial charge on any atom is -0.393 e. The van der Waals surface area contributed by atoms with Gasteiger partial charge >= 0.3 is 0 Å². The average molecular weight is 589 g/mol. The smallest absolute Gasteiger partial charge is 0.0656 e. The van der Waals surface area contributed by atoms with Crippen LogP contribution in [-0.2, 0) is 4.74 Å². The Morgan fingerprint density at radius 1 is 0.881 bits per heavy atom. The zero-order valence-corrected chi connectivity index (χ0v) is 28.8. The third kappa shape index (κ3) is 5.17. The van der Waals surface area contributed by atoms with Gasteiger partial charge < -0.3 is 20.1 Å². The first-order valence-corrected chi connectivity index (χ1v) is 18.3. The lowest BCUT2D eigenvalue weighted by Gasteiger charge is -2.72. The van der Waals surface area contributed by atoms with Crippen molar-refractivity contribution in [3.05, 3.63) is 0 Å². The highest BCUT2D eigenvalue weighted by Gasteiger charge is 2.70. The molecule has 0 aromatic rings. The second-order valence-electron chi connectivity index (χ2n) is 17.7. The number of rotatable bonds is 7. The normalized spacial score (nSPS) is 55.3. The van der Waals surface area contributed by atoms with Gasteiger partial charge in [-0.3, -0.25) is 0 Å². The summed E-state index contributed by atoms with van der Waals surface area (Å²) < 4.78 is 6.26. The fourth-order valence-electron chi connectivity index (χ4n) is 13.6. The van der Waals surface area contributed by atoms with E-state index in [4.69, 9.17) is 4.74 Å². The van der Waals surface area contributed by atoms with E-state index in [-0.39, 0.29) is 46.0 Å². The van der Waals surface area contributed by atoms with Gasteiger partial charge in [-0.15, -0.1) is 0 Å². The van der Waals surface area contributed by atoms with E-state index in [9.17, 15) is 15.3 Å². The molecule has 42 heavy (non-hydrogen) atoms. The van der Waals surface area contributed by atoms with Crippen LogP contribution < -0.4 is 0 Å². The molecule has 0 heterocycles. The SMILES string of the molecule is CCCCCC1CCC(OC)C(C2CCC(C)C3C(O)C4C(C)C5(C)C(O)C(C(C)O)C(C)CC5(C)CC4(C)CC23)C1. The summed E-state index contributed by atoms with van der Waals surface area (Å²) in [5, 5.41) is 35.4. The molecule has 244 valence electrons. The molecule has 17 unspecified atom stereocenters. The van der Waals surface area contributed by atoms with Gasteiger partial charge in [-0.05, 0) is 116 Å². The Morgan fingerprint density at radius 3 is 2.24 bits per heavy atom. The summed E-state index contributed by atoms with van der Waals surface area (Å²) in [6.07, 6.45) is 14.0. The Morgan fingerprint density at radius 2 is 1.60 bits per heavy atom. The van der Waals surface area contributed by atoms with Crippen molar-refractivity contribution < 1.29 is 20.1 Å². The molecule has 4 heteroatoms. The highest BCUT2D eigenvalue weighted by atomic mass is 16.5. The molecule has 5 aliphatic rings. The number of unbranched alkanes of at least 4 members (excludes halogenated alkanes) is 2. The third-order valence-corrected chi connectivity index (χ3v) is 15.5. The first-order valence-electron chi connectivity index (χ1n) is 18.3. The number of fused-ring (bicyclic) bond motifs is 3. The largest absolute Gasteiger partial charge is 0.393 e. The van der Waals surface area contributed by atoms with Gasteiger partial charge in [0.15, 0.2) is 0 Å². The molecule has 3 N–H and O–H groups in total. The van der Waals surface area contributed by atoms with E-state index >= 15 is 0 Å². The van der Waals surface area contributed by atoms with Crippen LogP contribution in [0.3, 0.4) is 0 Å². The van der Waals surface area contributed by atoms with Crippen LogP contribution in [0.5, 0.6) is 0 Å². The Bertz CT molecular complexity index is 919. The van der Waals surface area contributed by atoms with Crippen molar-refractivity contribution in [1.82, 2.24) is 0 Å². The molecule has 0 radical (unpaired) electrons. The molecule has 5 fully saturated rings. The Hall–Kier alpha value is -0.160. The summed E-state index contributed by atoms with van der Waals surface area (Å²) >= 11 is 0. The van der Waals surface area contributed by atoms with Crippen molar-refractivity contribution in [3.63, 3.8) is 0 Å². The number of ether oxygens (including phenoxy) is 1. The first kappa shape index (κ1) is 33.2. The second kappa shape index (κ2) is 12.2. The van der Waals surface area contributed by atoms with Crippen LogP contribution >= 0.6 is 0 Å². The molecule has 0 aliphatic heterocycles. The molecule has 0 amide bonds. The highest BCUT2D eigenvalue weighted by molar-refractivity contribution is 5.19. The van der Waals surface area contributed by atoms with Crippen LogP contribution in [0.25, 0.3) is 0 Å². The van der Waals surface area contributed by atoms with E-state index in [1.165, 1.54) is 64.2 Å². The summed E-state index contributed by atoms with van der Waals surface area (Å²) in [7, 11) is 1.95. The summed E-state index contributed by atoms with van der Waals surface area (Å²) in [5.74, 6) is 4.07. The third-order valence-electron chi connectivity index (χ3n) is 15.5. The molecule has 0 aromatic heterocycles. The lowest BCUT2D eigenvalue weighted by molar-refractivity contribution is -0.281. The Kier molecular flexibility index (Phi) is 9.66. The van der Waals surface area contributed by atoms with E-state index in [0.717, 1.165) is 18.8 Å². The summed E-state index contributed by atoms with van der Waals surface area (Å²) in [5.41, 5.74) is -0.292. The van der Waals surface area contributed by atoms with E-state index in [2.05, 4.69) is 48.5 Å². The molecule has 0 saturated heterocycles. The maximum absolute atomic E-state index is 12.6. The van der Waals surface area contributed by atoms with Crippen LogP contribution in [0.2, 0.25) is 0 Å². The van der Waals surface area contributed by atoms with E-state index < -0.39 is 12.2 Å². The van der Waals surface area contributed by atoms with Crippen LogP contribution in [0.1, 0.15) is 132 Å². The van der Waals surface area contributed by atoms with Crippen molar-refractivity contribution in [1.29, 1.82) is 0 Å². The predicted molar refractivity (Wildman–Crippen MR) is 172 cm³/mol. The summed E-state index contributed by atoms with van der Waals surface area (Å²) in [6, 6.07) is 0. The predicted octanol–water partition coefficient (Wildman–Crippen LogP) is 8.11. The molecule has 5 rings (SSSR count). The quantitative estimate of drug-likeness (QED) is 0.263. The zero-order valence-electron chi connectivity index (χ0n) is 28.8. The lowest BCUT2D eigenvalue weighted by Crippen LogP contribution is -2.70. The van der Waals surface area contributed by atoms with Crippen LogP contribution in [0, 0.1) is 75.4 Å². The second-order valence-corrected chi connectivity index (χ2v) is 17.7. The summed E-state index contributed by atoms with van der Waals surface area (Å²) in [6.45, 7) is 18.5. The van der Waals surface area contributed by atoms with Crippen LogP contribution in [0.4, 0.5) is 0 Å². The monoisotopic (exact) mass is 589 g/mol. The van der Waals surface area contributed by atoms with Gasteiger partial charge in [0.2, 0.25) is 0 Å². The molecule has 4 nitrogen and oxygen atoms in total. The van der Waals surface area contributed by atoms with Gasteiger partial charge in [-0.2, -0.15) is 0 Å². The topological polar surface area (TPSA) is 69.9 Å². The van der Waals surface area contributed by atoms with Gasteiger partial charge in [0.1, 0.15) is 0 Å². The first-order chi connectivity index (χ1) is 19.7. The molecular formula is C38H68O4. The number of hydrogen-bond donors (Lipinski definition) is 3. The van der Waals surface area contributed by atoms with Crippen molar-refractivity contribution in [2.24, 2.45) is 75.4 Å². The Labute approximate surface area is 259 Å². The fourth-order valence-corrected chi connectivity index (χ4v) is 13.6. The van der Waals surface area contributed by atoms with Crippen molar-refractivity contribution in [2.75, 3.05) is 7.11 Å². The number of hydrogen-bond acceptors (Lipinski definition) is 4. The maximum Gasteiger partial charge on any atom is 0.0656 e. The molecule has 17 atom stereocenters. The lowest BCUT2D eigenvalue weighted by atomic mass is 9.34. The number of aliphatic hydroxyl groups excluding tert-OH is 3. The molecule has 0 spiro atoms. The summed E-state index contributed by atoms with van der Waals surface area (Å²) in [4.78, 5) is 0. The molecule has 5 aliphatic carbocycles. The molecule has 5 saturated carbocycles. The fraction of sp³-hybridized carbons (Fsp3) is 1.00. The average Bonchev–Trinajstić information content (AvgIpc) is 2.90. The van der Waals surface area contributed by atoms with Gasteiger partial charge in [-0.25, -0.2) is 0 Å². The van der Waals surface area contributed by atoms with Crippen molar-refractivity contribution >= 4 is 0 Å². The number of aliphatic hydroxyl groups is 3. The van der Waals surface area contributed by atoms with Crippen molar-refractivity contribution in [2.45, 2.75) is 157 Å². The van der Waals surface area contributed by atoms with Gasteiger partial charge in [-0.1, -0.05) is 80.6 Å². The highest BCUT2D eigenvalue weighted by Crippen LogP contribution is 2.73. The maximum atomic E-state index is 12.6. The zero-order chi connectivity index (χ0) is 30.8. The molecule has 0 aromatic carbocycles. The number of methoxy groups -OCH3 is 1. The van der Waals surface area contributed by atoms with Gasteiger partial charge in [0.05, 0.1) is 24.4 Å². The molecular weight excluding hydrogens is 520 g/mol. The van der Waals surface area contributed by atoms with E-state index in [1.807, 2.05) is 14.0 Å². The van der Waals surface area contributed by atoms with E-state index in [0.29, 0.717) is 35.7 Å². The van der Waals surface area contributed by atoms with Crippen molar-refractivity contribution in [3.8, 4) is 0 Å². The Balaban J connectivity index is 1.47. The van der Waals surface area contributed by atoms with Gasteiger partial charge in [0, 0.05) is 18.4 Å². The van der Waals surface area contributed by atoms with Crippen LogP contribution in [0.15, 0.2) is 0 Å².